The van der Waals surface area contributed by atoms with Gasteiger partial charge in [-0.15, -0.1) is 11.3 Å². The van der Waals surface area contributed by atoms with Gasteiger partial charge in [-0.05, 0) is 32.0 Å². The van der Waals surface area contributed by atoms with Gasteiger partial charge in [-0.25, -0.2) is 18.1 Å². The van der Waals surface area contributed by atoms with Crippen molar-refractivity contribution in [2.24, 2.45) is 0 Å². The number of hydrogen-bond donors (Lipinski definition) is 1. The Morgan fingerprint density at radius 2 is 2.10 bits per heavy atom. The molecule has 8 heteroatoms. The van der Waals surface area contributed by atoms with Crippen LogP contribution in [0.3, 0.4) is 0 Å². The van der Waals surface area contributed by atoms with E-state index in [4.69, 9.17) is 16.3 Å². The molecule has 1 N–H and O–H groups in total. The fourth-order valence-corrected chi connectivity index (χ4v) is 4.23. The first-order valence-electron chi connectivity index (χ1n) is 6.09. The first-order valence-corrected chi connectivity index (χ1v) is 8.77. The number of rotatable bonds is 5. The number of thiazole rings is 1. The van der Waals surface area contributed by atoms with Crippen molar-refractivity contribution in [3.05, 3.63) is 38.8 Å². The zero-order valence-corrected chi connectivity index (χ0v) is 14.2. The Morgan fingerprint density at radius 1 is 1.38 bits per heavy atom. The van der Waals surface area contributed by atoms with Crippen LogP contribution in [0.5, 0.6) is 5.75 Å². The normalized spacial score (nSPS) is 11.6. The first-order chi connectivity index (χ1) is 9.83. The Hall–Kier alpha value is -1.15. The van der Waals surface area contributed by atoms with Crippen LogP contribution in [-0.4, -0.2) is 20.5 Å². The summed E-state index contributed by atoms with van der Waals surface area (Å²) in [5.41, 5.74) is 0.832. The fraction of sp³-hybridized carbons (Fsp3) is 0.308. The average molecular weight is 347 g/mol. The van der Waals surface area contributed by atoms with Crippen molar-refractivity contribution in [1.82, 2.24) is 9.71 Å². The minimum absolute atomic E-state index is 0.0244. The number of aryl methyl sites for hydroxylation is 2. The highest BCUT2D eigenvalue weighted by Crippen LogP contribution is 2.27. The third-order valence-corrected chi connectivity index (χ3v) is 5.57. The topological polar surface area (TPSA) is 68.3 Å². The van der Waals surface area contributed by atoms with Gasteiger partial charge in [0.15, 0.2) is 0 Å². The maximum absolute atomic E-state index is 12.4. The van der Waals surface area contributed by atoms with E-state index in [1.54, 1.807) is 6.07 Å². The molecule has 2 rings (SSSR count). The second-order valence-electron chi connectivity index (χ2n) is 4.36. The van der Waals surface area contributed by atoms with E-state index in [0.29, 0.717) is 5.02 Å². The molecule has 0 bridgehead atoms. The Bertz CT molecular complexity index is 757. The monoisotopic (exact) mass is 346 g/mol. The Labute approximate surface area is 133 Å². The molecule has 1 heterocycles. The number of benzene rings is 1. The summed E-state index contributed by atoms with van der Waals surface area (Å²) in [6, 6.07) is 4.47. The Balaban J connectivity index is 2.26. The third kappa shape index (κ3) is 3.74. The first kappa shape index (κ1) is 16.2. The van der Waals surface area contributed by atoms with Gasteiger partial charge in [-0.1, -0.05) is 11.6 Å². The molecule has 114 valence electrons. The van der Waals surface area contributed by atoms with Gasteiger partial charge in [-0.2, -0.15) is 0 Å². The smallest absolute Gasteiger partial charge is 0.244 e. The number of sulfonamides is 1. The second kappa shape index (κ2) is 6.31. The SMILES string of the molecule is COc1ccc(Cl)cc1S(=O)(=O)NCc1sc(C)nc1C. The van der Waals surface area contributed by atoms with Crippen molar-refractivity contribution >= 4 is 33.0 Å². The minimum Gasteiger partial charge on any atom is -0.495 e. The van der Waals surface area contributed by atoms with Crippen molar-refractivity contribution in [2.45, 2.75) is 25.3 Å². The maximum Gasteiger partial charge on any atom is 0.244 e. The van der Waals surface area contributed by atoms with E-state index in [2.05, 4.69) is 9.71 Å². The van der Waals surface area contributed by atoms with Crippen molar-refractivity contribution in [3.8, 4) is 5.75 Å². The summed E-state index contributed by atoms with van der Waals surface area (Å²) in [6.45, 7) is 3.93. The molecule has 1 aromatic carbocycles. The van der Waals surface area contributed by atoms with Gasteiger partial charge in [0.05, 0.1) is 17.8 Å². The van der Waals surface area contributed by atoms with Gasteiger partial charge in [0.2, 0.25) is 10.0 Å². The molecule has 2 aromatic rings. The summed E-state index contributed by atoms with van der Waals surface area (Å²) < 4.78 is 32.4. The molecule has 0 amide bonds. The number of methoxy groups -OCH3 is 1. The largest absolute Gasteiger partial charge is 0.495 e. The Kier molecular flexibility index (Phi) is 4.88. The van der Waals surface area contributed by atoms with Gasteiger partial charge in [0, 0.05) is 16.4 Å². The second-order valence-corrected chi connectivity index (χ2v) is 7.82. The fourth-order valence-electron chi connectivity index (χ4n) is 1.84. The van der Waals surface area contributed by atoms with Crippen LogP contribution in [0.25, 0.3) is 0 Å². The summed E-state index contributed by atoms with van der Waals surface area (Å²) in [5.74, 6) is 0.254. The van der Waals surface area contributed by atoms with Gasteiger partial charge < -0.3 is 4.74 Å². The zero-order valence-electron chi connectivity index (χ0n) is 11.8. The number of nitrogens with zero attached hydrogens (tertiary/aromatic N) is 1. The molecule has 0 aliphatic carbocycles. The molecule has 0 fully saturated rings. The van der Waals surface area contributed by atoms with Crippen molar-refractivity contribution in [3.63, 3.8) is 0 Å². The summed E-state index contributed by atoms with van der Waals surface area (Å²) >= 11 is 7.34. The zero-order chi connectivity index (χ0) is 15.6. The molecule has 0 saturated heterocycles. The number of hydrogen-bond acceptors (Lipinski definition) is 5. The van der Waals surface area contributed by atoms with Crippen LogP contribution in [0.1, 0.15) is 15.6 Å². The van der Waals surface area contributed by atoms with E-state index in [9.17, 15) is 8.42 Å². The van der Waals surface area contributed by atoms with Crippen LogP contribution in [-0.2, 0) is 16.6 Å². The van der Waals surface area contributed by atoms with Crippen LogP contribution < -0.4 is 9.46 Å². The molecule has 1 aromatic heterocycles. The predicted octanol–water partition coefficient (Wildman–Crippen LogP) is 2.90. The van der Waals surface area contributed by atoms with Crippen LogP contribution in [0.4, 0.5) is 0 Å². The van der Waals surface area contributed by atoms with Gasteiger partial charge in [-0.3, -0.25) is 0 Å². The maximum atomic E-state index is 12.4. The summed E-state index contributed by atoms with van der Waals surface area (Å²) in [5, 5.41) is 1.24. The standard InChI is InChI=1S/C13H15ClN2O3S2/c1-8-12(20-9(2)16-8)7-15-21(17,18)13-6-10(14)4-5-11(13)19-3/h4-6,15H,7H2,1-3H3. The number of ether oxygens (including phenoxy) is 1. The lowest BCUT2D eigenvalue weighted by molar-refractivity contribution is 0.402. The van der Waals surface area contributed by atoms with E-state index < -0.39 is 10.0 Å². The molecule has 0 radical (unpaired) electrons. The Morgan fingerprint density at radius 3 is 2.67 bits per heavy atom. The quantitative estimate of drug-likeness (QED) is 0.903. The minimum atomic E-state index is -3.71. The van der Waals surface area contributed by atoms with E-state index in [-0.39, 0.29) is 17.2 Å². The summed E-state index contributed by atoms with van der Waals surface area (Å²) in [6.07, 6.45) is 0. The lowest BCUT2D eigenvalue weighted by Crippen LogP contribution is -2.23. The van der Waals surface area contributed by atoms with E-state index in [1.165, 1.54) is 30.6 Å². The molecule has 0 atom stereocenters. The van der Waals surface area contributed by atoms with Crippen LogP contribution in [0, 0.1) is 13.8 Å². The molecular formula is C13H15ClN2O3S2. The lowest BCUT2D eigenvalue weighted by Gasteiger charge is -2.10. The molecule has 0 aliphatic rings. The summed E-state index contributed by atoms with van der Waals surface area (Å²) in [7, 11) is -2.30. The van der Waals surface area contributed by atoms with Crippen LogP contribution >= 0.6 is 22.9 Å². The molecule has 0 saturated carbocycles. The molecular weight excluding hydrogens is 332 g/mol. The molecule has 0 unspecified atom stereocenters. The van der Waals surface area contributed by atoms with Crippen molar-refractivity contribution in [1.29, 1.82) is 0 Å². The summed E-state index contributed by atoms with van der Waals surface area (Å²) in [4.78, 5) is 5.18. The van der Waals surface area contributed by atoms with Crippen molar-refractivity contribution in [2.75, 3.05) is 7.11 Å². The van der Waals surface area contributed by atoms with Gasteiger partial charge in [0.25, 0.3) is 0 Å². The lowest BCUT2D eigenvalue weighted by atomic mass is 10.3. The van der Waals surface area contributed by atoms with Gasteiger partial charge in [0.1, 0.15) is 10.6 Å². The van der Waals surface area contributed by atoms with Crippen LogP contribution in [0.2, 0.25) is 5.02 Å². The van der Waals surface area contributed by atoms with E-state index >= 15 is 0 Å². The van der Waals surface area contributed by atoms with Crippen LogP contribution in [0.15, 0.2) is 23.1 Å². The van der Waals surface area contributed by atoms with Crippen molar-refractivity contribution < 1.29 is 13.2 Å². The van der Waals surface area contributed by atoms with Gasteiger partial charge >= 0.3 is 0 Å². The van der Waals surface area contributed by atoms with E-state index in [1.807, 2.05) is 13.8 Å². The number of halogens is 1. The molecule has 21 heavy (non-hydrogen) atoms. The number of nitrogens with one attached hydrogen (secondary N) is 1. The van der Waals surface area contributed by atoms with E-state index in [0.717, 1.165) is 15.6 Å². The third-order valence-electron chi connectivity index (χ3n) is 2.84. The molecule has 0 aliphatic heterocycles. The average Bonchev–Trinajstić information content (AvgIpc) is 2.75. The predicted molar refractivity (Wildman–Crippen MR) is 83.6 cm³/mol. The highest BCUT2D eigenvalue weighted by atomic mass is 35.5. The highest BCUT2D eigenvalue weighted by molar-refractivity contribution is 7.89. The molecule has 5 nitrogen and oxygen atoms in total. The number of aromatic nitrogens is 1. The molecule has 0 spiro atoms. The highest BCUT2D eigenvalue weighted by Gasteiger charge is 2.20.